The third-order valence-corrected chi connectivity index (χ3v) is 7.62. The quantitative estimate of drug-likeness (QED) is 0.328. The zero-order chi connectivity index (χ0) is 22.5. The van der Waals surface area contributed by atoms with Crippen molar-refractivity contribution >= 4 is 23.3 Å². The molecule has 2 aromatic carbocycles. The van der Waals surface area contributed by atoms with Crippen molar-refractivity contribution in [1.82, 2.24) is 0 Å². The van der Waals surface area contributed by atoms with E-state index in [9.17, 15) is 9.59 Å². The Morgan fingerprint density at radius 2 is 1.55 bits per heavy atom. The van der Waals surface area contributed by atoms with Crippen molar-refractivity contribution in [2.75, 3.05) is 5.75 Å². The number of Topliss-reactive ketones (excluding diaryl/α,β-unsaturated/α-hetero) is 2. The van der Waals surface area contributed by atoms with Crippen molar-refractivity contribution in [3.05, 3.63) is 64.2 Å². The lowest BCUT2D eigenvalue weighted by Gasteiger charge is -2.29. The van der Waals surface area contributed by atoms with Gasteiger partial charge in [-0.05, 0) is 72.1 Å². The predicted octanol–water partition coefficient (Wildman–Crippen LogP) is 7.06. The molecule has 0 heterocycles. The summed E-state index contributed by atoms with van der Waals surface area (Å²) < 4.78 is 0. The fourth-order valence-electron chi connectivity index (χ4n) is 4.92. The number of rotatable bonds is 8. The first-order chi connectivity index (χ1) is 14.8. The van der Waals surface area contributed by atoms with E-state index in [1.54, 1.807) is 0 Å². The van der Waals surface area contributed by atoms with Crippen LogP contribution in [0.3, 0.4) is 0 Å². The van der Waals surface area contributed by atoms with Gasteiger partial charge in [0.1, 0.15) is 17.5 Å². The van der Waals surface area contributed by atoms with Gasteiger partial charge in [-0.2, -0.15) is 0 Å². The molecular weight excluding hydrogens is 400 g/mol. The van der Waals surface area contributed by atoms with E-state index >= 15 is 0 Å². The van der Waals surface area contributed by atoms with Crippen LogP contribution in [0.1, 0.15) is 86.6 Å². The molecule has 0 radical (unpaired) electrons. The monoisotopic (exact) mass is 436 g/mol. The molecule has 2 nitrogen and oxygen atoms in total. The van der Waals surface area contributed by atoms with Gasteiger partial charge in [0, 0.05) is 17.7 Å². The highest BCUT2D eigenvalue weighted by molar-refractivity contribution is 7.99. The molecule has 0 aliphatic heterocycles. The summed E-state index contributed by atoms with van der Waals surface area (Å²) in [6.45, 7) is 10.8. The first-order valence-electron chi connectivity index (χ1n) is 11.7. The molecule has 0 N–H and O–H groups in total. The Balaban J connectivity index is 1.69. The van der Waals surface area contributed by atoms with Crippen LogP contribution in [0.2, 0.25) is 0 Å². The normalized spacial score (nSPS) is 19.3. The first-order valence-corrected chi connectivity index (χ1v) is 12.7. The SMILES string of the molecule is CCc1cc(C)cc(CC)c1C1C(=O)CC(CCSc2ccccc2C(C)C)CC1=O. The molecule has 0 spiro atoms. The zero-order valence-electron chi connectivity index (χ0n) is 19.7. The highest BCUT2D eigenvalue weighted by Gasteiger charge is 2.38. The molecule has 2 aromatic rings. The zero-order valence-corrected chi connectivity index (χ0v) is 20.5. The maximum absolute atomic E-state index is 13.2. The Morgan fingerprint density at radius 3 is 2.10 bits per heavy atom. The number of carbonyl (C=O) groups excluding carboxylic acids is 2. The molecule has 1 fully saturated rings. The summed E-state index contributed by atoms with van der Waals surface area (Å²) in [7, 11) is 0. The summed E-state index contributed by atoms with van der Waals surface area (Å²) in [6, 6.07) is 12.9. The van der Waals surface area contributed by atoms with E-state index in [1.165, 1.54) is 27.1 Å². The summed E-state index contributed by atoms with van der Waals surface area (Å²) >= 11 is 1.86. The third-order valence-electron chi connectivity index (χ3n) is 6.49. The molecule has 31 heavy (non-hydrogen) atoms. The molecule has 0 amide bonds. The van der Waals surface area contributed by atoms with Crippen molar-refractivity contribution in [3.63, 3.8) is 0 Å². The smallest absolute Gasteiger partial charge is 0.148 e. The molecule has 0 atom stereocenters. The minimum Gasteiger partial charge on any atom is -0.299 e. The standard InChI is InChI=1S/C28H36O2S/c1-6-21-14-19(5)15-22(7-2)27(21)28-24(29)16-20(17-25(28)30)12-13-31-26-11-9-8-10-23(26)18(3)4/h8-11,14-15,18,20,28H,6-7,12-13,16-17H2,1-5H3. The number of thioether (sulfide) groups is 1. The van der Waals surface area contributed by atoms with Crippen LogP contribution < -0.4 is 0 Å². The van der Waals surface area contributed by atoms with Crippen molar-refractivity contribution in [1.29, 1.82) is 0 Å². The molecule has 166 valence electrons. The average Bonchev–Trinajstić information content (AvgIpc) is 2.74. The summed E-state index contributed by atoms with van der Waals surface area (Å²) in [5.41, 5.74) is 5.95. The van der Waals surface area contributed by atoms with Crippen LogP contribution in [0, 0.1) is 12.8 Å². The maximum Gasteiger partial charge on any atom is 0.148 e. The van der Waals surface area contributed by atoms with Gasteiger partial charge in [-0.1, -0.05) is 63.6 Å². The summed E-state index contributed by atoms with van der Waals surface area (Å²) in [5.74, 6) is 1.33. The van der Waals surface area contributed by atoms with Crippen molar-refractivity contribution < 1.29 is 9.59 Å². The fraction of sp³-hybridized carbons (Fsp3) is 0.500. The number of carbonyl (C=O) groups is 2. The second-order valence-corrected chi connectivity index (χ2v) is 10.3. The number of aryl methyl sites for hydroxylation is 3. The Hall–Kier alpha value is -1.87. The van der Waals surface area contributed by atoms with Gasteiger partial charge in [0.05, 0.1) is 0 Å². The maximum atomic E-state index is 13.2. The molecule has 1 aliphatic rings. The lowest BCUT2D eigenvalue weighted by atomic mass is 9.73. The minimum absolute atomic E-state index is 0.127. The van der Waals surface area contributed by atoms with Crippen molar-refractivity contribution in [2.45, 2.75) is 83.5 Å². The van der Waals surface area contributed by atoms with Gasteiger partial charge in [-0.3, -0.25) is 9.59 Å². The van der Waals surface area contributed by atoms with Crippen molar-refractivity contribution in [2.24, 2.45) is 5.92 Å². The molecule has 0 bridgehead atoms. The van der Waals surface area contributed by atoms with Gasteiger partial charge in [0.25, 0.3) is 0 Å². The minimum atomic E-state index is -0.545. The molecule has 0 saturated heterocycles. The van der Waals surface area contributed by atoms with Gasteiger partial charge in [-0.15, -0.1) is 11.8 Å². The van der Waals surface area contributed by atoms with Gasteiger partial charge in [-0.25, -0.2) is 0 Å². The Labute approximate surface area is 192 Å². The van der Waals surface area contributed by atoms with Gasteiger partial charge in [0.15, 0.2) is 0 Å². The van der Waals surface area contributed by atoms with Gasteiger partial charge >= 0.3 is 0 Å². The van der Waals surface area contributed by atoms with E-state index in [1.807, 2.05) is 11.8 Å². The van der Waals surface area contributed by atoms with Gasteiger partial charge < -0.3 is 0 Å². The summed E-state index contributed by atoms with van der Waals surface area (Å²) in [4.78, 5) is 27.7. The van der Waals surface area contributed by atoms with Crippen LogP contribution in [0.15, 0.2) is 41.3 Å². The topological polar surface area (TPSA) is 34.1 Å². The largest absolute Gasteiger partial charge is 0.299 e. The van der Waals surface area contributed by atoms with E-state index < -0.39 is 5.92 Å². The lowest BCUT2D eigenvalue weighted by Crippen LogP contribution is -2.33. The van der Waals surface area contributed by atoms with Crippen LogP contribution in [-0.2, 0) is 22.4 Å². The van der Waals surface area contributed by atoms with Crippen LogP contribution >= 0.6 is 11.8 Å². The molecular formula is C28H36O2S. The number of benzene rings is 2. The Bertz CT molecular complexity index is 901. The number of hydrogen-bond donors (Lipinski definition) is 0. The second-order valence-electron chi connectivity index (χ2n) is 9.17. The lowest BCUT2D eigenvalue weighted by molar-refractivity contribution is -0.133. The fourth-order valence-corrected chi connectivity index (χ4v) is 6.23. The second kappa shape index (κ2) is 10.6. The van der Waals surface area contributed by atoms with E-state index in [0.29, 0.717) is 18.8 Å². The molecule has 3 heteroatoms. The molecule has 0 aromatic heterocycles. The third kappa shape index (κ3) is 5.49. The number of ketones is 2. The first kappa shape index (κ1) is 23.8. The highest BCUT2D eigenvalue weighted by Crippen LogP contribution is 2.38. The molecule has 3 rings (SSSR count). The molecule has 1 saturated carbocycles. The van der Waals surface area contributed by atoms with Crippen LogP contribution in [0.5, 0.6) is 0 Å². The molecule has 1 aliphatic carbocycles. The van der Waals surface area contributed by atoms with E-state index in [4.69, 9.17) is 0 Å². The van der Waals surface area contributed by atoms with Gasteiger partial charge in [0.2, 0.25) is 0 Å². The van der Waals surface area contributed by atoms with E-state index in [0.717, 1.165) is 30.6 Å². The highest BCUT2D eigenvalue weighted by atomic mass is 32.2. The van der Waals surface area contributed by atoms with Crippen LogP contribution in [0.4, 0.5) is 0 Å². The number of hydrogen-bond acceptors (Lipinski definition) is 3. The Kier molecular flexibility index (Phi) is 8.16. The van der Waals surface area contributed by atoms with E-state index in [2.05, 4.69) is 71.0 Å². The van der Waals surface area contributed by atoms with E-state index in [-0.39, 0.29) is 17.5 Å². The predicted molar refractivity (Wildman–Crippen MR) is 131 cm³/mol. The summed E-state index contributed by atoms with van der Waals surface area (Å²) in [5, 5.41) is 0. The van der Waals surface area contributed by atoms with Crippen LogP contribution in [-0.4, -0.2) is 17.3 Å². The van der Waals surface area contributed by atoms with Crippen molar-refractivity contribution in [3.8, 4) is 0 Å². The average molecular weight is 437 g/mol. The Morgan fingerprint density at radius 1 is 0.968 bits per heavy atom. The van der Waals surface area contributed by atoms with Crippen LogP contribution in [0.25, 0.3) is 0 Å². The summed E-state index contributed by atoms with van der Waals surface area (Å²) in [6.07, 6.45) is 3.69. The molecule has 0 unspecified atom stereocenters.